The molecule has 1 aromatic heterocycles. The van der Waals surface area contributed by atoms with Gasteiger partial charge in [0.2, 0.25) is 0 Å². The minimum absolute atomic E-state index is 0.0769. The zero-order valence-corrected chi connectivity index (χ0v) is 21.4. The van der Waals surface area contributed by atoms with Crippen LogP contribution in [-0.2, 0) is 14.3 Å². The molecule has 4 rings (SSSR count). The fraction of sp³-hybridized carbons (Fsp3) is 0.692. The molecule has 3 N–H and O–H groups in total. The molecule has 0 bridgehead atoms. The standard InChI is InChI=1S/C26H38N4O5/c1-15-6-7-20(17-9-26(10-17)11-19(31)12-26)30(14-15)23(33)22(32)28-18-8-16(2)21(27-13-18)29-24(34)35-25(3,4)5/h8,13,15,17,19-20,31H,6-7,9-12,14H2,1-5H3,(H,28,32)(H,27,29,34)/t15-,17?,19?,20+,26?/m1/s1. The van der Waals surface area contributed by atoms with E-state index >= 15 is 0 Å². The maximum atomic E-state index is 13.2. The predicted octanol–water partition coefficient (Wildman–Crippen LogP) is 3.85. The van der Waals surface area contributed by atoms with Crippen molar-refractivity contribution in [2.75, 3.05) is 17.2 Å². The molecular formula is C26H38N4O5. The number of nitrogens with one attached hydrogen (secondary N) is 2. The van der Waals surface area contributed by atoms with Crippen molar-refractivity contribution in [1.29, 1.82) is 0 Å². The molecule has 3 amide bonds. The number of aryl methyl sites for hydroxylation is 1. The summed E-state index contributed by atoms with van der Waals surface area (Å²) in [6.45, 7) is 9.77. The van der Waals surface area contributed by atoms with Crippen LogP contribution >= 0.6 is 0 Å². The summed E-state index contributed by atoms with van der Waals surface area (Å²) in [7, 11) is 0. The van der Waals surface area contributed by atoms with Crippen LogP contribution in [0.4, 0.5) is 16.3 Å². The highest BCUT2D eigenvalue weighted by Crippen LogP contribution is 2.60. The van der Waals surface area contributed by atoms with E-state index in [0.29, 0.717) is 35.4 Å². The number of pyridine rings is 1. The average molecular weight is 487 g/mol. The topological polar surface area (TPSA) is 121 Å². The lowest BCUT2D eigenvalue weighted by molar-refractivity contribution is -0.157. The Bertz CT molecular complexity index is 990. The molecule has 3 fully saturated rings. The molecule has 1 aromatic rings. The molecule has 0 aromatic carbocycles. The number of nitrogens with zero attached hydrogens (tertiary/aromatic N) is 2. The third-order valence-corrected chi connectivity index (χ3v) is 7.55. The third kappa shape index (κ3) is 5.77. The first-order valence-electron chi connectivity index (χ1n) is 12.6. The van der Waals surface area contributed by atoms with Crippen molar-refractivity contribution in [3.05, 3.63) is 17.8 Å². The van der Waals surface area contributed by atoms with Crippen LogP contribution in [0.3, 0.4) is 0 Å². The molecule has 3 aliphatic rings. The van der Waals surface area contributed by atoms with Crippen molar-refractivity contribution in [2.45, 2.75) is 90.9 Å². The van der Waals surface area contributed by atoms with Crippen molar-refractivity contribution in [1.82, 2.24) is 9.88 Å². The van der Waals surface area contributed by atoms with Gasteiger partial charge in [-0.15, -0.1) is 0 Å². The number of amides is 3. The van der Waals surface area contributed by atoms with Crippen LogP contribution in [0.25, 0.3) is 0 Å². The molecule has 1 saturated heterocycles. The number of hydrogen-bond donors (Lipinski definition) is 3. The summed E-state index contributed by atoms with van der Waals surface area (Å²) in [5.41, 5.74) is 0.661. The molecule has 1 spiro atoms. The van der Waals surface area contributed by atoms with Gasteiger partial charge in [-0.1, -0.05) is 6.92 Å². The lowest BCUT2D eigenvalue weighted by Gasteiger charge is -2.60. The number of anilines is 2. The summed E-state index contributed by atoms with van der Waals surface area (Å²) in [6, 6.07) is 1.74. The number of likely N-dealkylation sites (tertiary alicyclic amines) is 1. The highest BCUT2D eigenvalue weighted by molar-refractivity contribution is 6.39. The summed E-state index contributed by atoms with van der Waals surface area (Å²) < 4.78 is 5.25. The van der Waals surface area contributed by atoms with E-state index in [9.17, 15) is 19.5 Å². The van der Waals surface area contributed by atoms with Gasteiger partial charge in [0.1, 0.15) is 11.4 Å². The van der Waals surface area contributed by atoms with E-state index in [2.05, 4.69) is 22.5 Å². The molecule has 2 heterocycles. The van der Waals surface area contributed by atoms with Crippen molar-refractivity contribution < 1.29 is 24.2 Å². The lowest BCUT2D eigenvalue weighted by Crippen LogP contribution is -2.59. The summed E-state index contributed by atoms with van der Waals surface area (Å²) >= 11 is 0. The average Bonchev–Trinajstić information content (AvgIpc) is 2.70. The fourth-order valence-corrected chi connectivity index (χ4v) is 5.98. The van der Waals surface area contributed by atoms with Crippen LogP contribution in [-0.4, -0.2) is 57.2 Å². The number of hydrogen-bond acceptors (Lipinski definition) is 6. The first kappa shape index (κ1) is 25.4. The SMILES string of the molecule is Cc1cc(NC(=O)C(=O)N2C[C@H](C)CC[C@H]2C2CC3(CC(O)C3)C2)cnc1NC(=O)OC(C)(C)C. The number of aliphatic hydroxyl groups is 1. The predicted molar refractivity (Wildman–Crippen MR) is 132 cm³/mol. The molecule has 0 unspecified atom stereocenters. The van der Waals surface area contributed by atoms with E-state index in [-0.39, 0.29) is 17.6 Å². The Hall–Kier alpha value is -2.68. The van der Waals surface area contributed by atoms with Gasteiger partial charge >= 0.3 is 17.9 Å². The smallest absolute Gasteiger partial charge is 0.413 e. The summed E-state index contributed by atoms with van der Waals surface area (Å²) in [5.74, 6) is -0.108. The number of rotatable bonds is 3. The second-order valence-electron chi connectivity index (χ2n) is 11.9. The van der Waals surface area contributed by atoms with Gasteiger partial charge < -0.3 is 20.1 Å². The minimum Gasteiger partial charge on any atom is -0.444 e. The Balaban J connectivity index is 1.37. The lowest BCUT2D eigenvalue weighted by atomic mass is 9.49. The van der Waals surface area contributed by atoms with Crippen LogP contribution in [0.15, 0.2) is 12.3 Å². The van der Waals surface area contributed by atoms with Gasteiger partial charge in [0.25, 0.3) is 0 Å². The monoisotopic (exact) mass is 486 g/mol. The van der Waals surface area contributed by atoms with Gasteiger partial charge in [0.15, 0.2) is 0 Å². The van der Waals surface area contributed by atoms with E-state index in [0.717, 1.165) is 38.5 Å². The summed E-state index contributed by atoms with van der Waals surface area (Å²) in [6.07, 6.45) is 6.39. The first-order chi connectivity index (χ1) is 16.3. The molecule has 2 aliphatic carbocycles. The maximum absolute atomic E-state index is 13.2. The number of aromatic nitrogens is 1. The van der Waals surface area contributed by atoms with Crippen LogP contribution in [0, 0.1) is 24.2 Å². The summed E-state index contributed by atoms with van der Waals surface area (Å²) in [5, 5.41) is 15.0. The molecule has 2 saturated carbocycles. The second kappa shape index (κ2) is 9.41. The zero-order valence-electron chi connectivity index (χ0n) is 21.4. The van der Waals surface area contributed by atoms with E-state index in [1.54, 1.807) is 38.7 Å². The minimum atomic E-state index is -0.675. The largest absolute Gasteiger partial charge is 0.444 e. The van der Waals surface area contributed by atoms with Crippen LogP contribution in [0.1, 0.15) is 71.8 Å². The molecule has 9 heteroatoms. The Morgan fingerprint density at radius 2 is 1.83 bits per heavy atom. The Kier molecular flexibility index (Phi) is 6.83. The quantitative estimate of drug-likeness (QED) is 0.558. The van der Waals surface area contributed by atoms with Crippen LogP contribution in [0.2, 0.25) is 0 Å². The van der Waals surface area contributed by atoms with Gasteiger partial charge in [-0.25, -0.2) is 9.78 Å². The number of carbonyl (C=O) groups excluding carboxylic acids is 3. The normalized spacial score (nSPS) is 30.2. The molecule has 9 nitrogen and oxygen atoms in total. The fourth-order valence-electron chi connectivity index (χ4n) is 5.98. The number of ether oxygens (including phenoxy) is 1. The molecule has 35 heavy (non-hydrogen) atoms. The molecule has 192 valence electrons. The zero-order chi connectivity index (χ0) is 25.5. The van der Waals surface area contributed by atoms with Gasteiger partial charge in [0.05, 0.1) is 18.0 Å². The number of piperidine rings is 1. The first-order valence-corrected chi connectivity index (χ1v) is 12.6. The van der Waals surface area contributed by atoms with E-state index in [4.69, 9.17) is 4.74 Å². The molecular weight excluding hydrogens is 448 g/mol. The number of carbonyl (C=O) groups is 3. The van der Waals surface area contributed by atoms with Crippen molar-refractivity contribution in [3.8, 4) is 0 Å². The van der Waals surface area contributed by atoms with Gasteiger partial charge in [-0.05, 0) is 95.1 Å². The van der Waals surface area contributed by atoms with E-state index < -0.39 is 23.5 Å². The molecule has 2 atom stereocenters. The highest BCUT2D eigenvalue weighted by Gasteiger charge is 2.55. The number of aliphatic hydroxyl groups excluding tert-OH is 1. The highest BCUT2D eigenvalue weighted by atomic mass is 16.6. The van der Waals surface area contributed by atoms with Gasteiger partial charge in [0, 0.05) is 12.6 Å². The van der Waals surface area contributed by atoms with Crippen molar-refractivity contribution in [2.24, 2.45) is 17.3 Å². The van der Waals surface area contributed by atoms with Crippen molar-refractivity contribution >= 4 is 29.4 Å². The van der Waals surface area contributed by atoms with Crippen LogP contribution in [0.5, 0.6) is 0 Å². The Morgan fingerprint density at radius 3 is 2.43 bits per heavy atom. The maximum Gasteiger partial charge on any atom is 0.413 e. The molecule has 0 radical (unpaired) electrons. The van der Waals surface area contributed by atoms with Crippen LogP contribution < -0.4 is 10.6 Å². The summed E-state index contributed by atoms with van der Waals surface area (Å²) in [4.78, 5) is 44.1. The van der Waals surface area contributed by atoms with Gasteiger partial charge in [-0.3, -0.25) is 14.9 Å². The van der Waals surface area contributed by atoms with E-state index in [1.807, 2.05) is 0 Å². The van der Waals surface area contributed by atoms with Gasteiger partial charge in [-0.2, -0.15) is 0 Å². The third-order valence-electron chi connectivity index (χ3n) is 7.55. The Labute approximate surface area is 207 Å². The van der Waals surface area contributed by atoms with Crippen molar-refractivity contribution in [3.63, 3.8) is 0 Å². The molecule has 1 aliphatic heterocycles. The van der Waals surface area contributed by atoms with E-state index in [1.165, 1.54) is 6.20 Å². The Morgan fingerprint density at radius 1 is 1.14 bits per heavy atom. The second-order valence-corrected chi connectivity index (χ2v) is 11.9.